The lowest BCUT2D eigenvalue weighted by Gasteiger charge is -2.40. The van der Waals surface area contributed by atoms with Crippen molar-refractivity contribution in [3.63, 3.8) is 0 Å². The van der Waals surface area contributed by atoms with Crippen LogP contribution in [0.3, 0.4) is 0 Å². The SMILES string of the molecule is CC(C)(C)c1cc(C(C)(C)C)c(-c2cc(-c3c(C(C)(C)C)cc(C(C)(C)C)cc3C(C)(C)C)c(-c3c(C(C)(C)C)cc(C(C)(C)C)cc3C(C)(C)C)c(S(=O)(=O)c3ccccc3)c2-c2c(C(C)(C)C)cc(C(C)(C)C)cc2C(C)(C)C)c(C(C)(C)C)c1. The molecule has 0 amide bonds. The van der Waals surface area contributed by atoms with Crippen LogP contribution in [0.25, 0.3) is 44.5 Å². The molecule has 0 saturated carbocycles. The Balaban J connectivity index is 2.46. The van der Waals surface area contributed by atoms with Gasteiger partial charge in [0, 0.05) is 11.1 Å². The van der Waals surface area contributed by atoms with Crippen molar-refractivity contribution in [3.05, 3.63) is 152 Å². The molecule has 0 atom stereocenters. The Morgan fingerprint density at radius 3 is 0.575 bits per heavy atom. The minimum absolute atomic E-state index is 0.191. The number of sulfone groups is 1. The van der Waals surface area contributed by atoms with Crippen LogP contribution in [0.1, 0.15) is 316 Å². The average molecular weight is 1200 g/mol. The van der Waals surface area contributed by atoms with E-state index >= 15 is 8.42 Å². The zero-order chi connectivity index (χ0) is 67.1. The number of rotatable bonds is 6. The molecule has 2 nitrogen and oxygen atoms in total. The van der Waals surface area contributed by atoms with Crippen LogP contribution in [0, 0.1) is 0 Å². The van der Waals surface area contributed by atoms with E-state index in [-0.39, 0.29) is 26.6 Å². The van der Waals surface area contributed by atoms with E-state index in [4.69, 9.17) is 0 Å². The van der Waals surface area contributed by atoms with Crippen LogP contribution in [-0.2, 0) is 74.8 Å². The summed E-state index contributed by atoms with van der Waals surface area (Å²) in [4.78, 5) is 0.655. The summed E-state index contributed by atoms with van der Waals surface area (Å²) in [5, 5.41) is 0. The number of hydrogen-bond acceptors (Lipinski definition) is 2. The van der Waals surface area contributed by atoms with Gasteiger partial charge < -0.3 is 0 Å². The molecule has 3 heteroatoms. The standard InChI is InChI=1S/C84H122O2S/c1-73(2,3)51-42-58(77(13,14)15)66(59(43-51)78(16,17)18)56-50-57(67-60(79(19,20)21)44-52(74(4,5)6)45-61(67)80(22,23)24)69(71-64(83(31,32)33)48-54(76(10,11)12)49-65(71)84(34,35)36)72(87(85,86)55-40-38-37-39-41-55)68(56)70-62(81(25,26)27)46-53(75(7,8)9)47-63(70)82(28,29)30/h37-50H,1-36H3. The second-order valence-electron chi connectivity index (χ2n) is 38.7. The molecule has 0 aliphatic heterocycles. The molecule has 0 N–H and O–H groups in total. The highest BCUT2D eigenvalue weighted by molar-refractivity contribution is 7.91. The van der Waals surface area contributed by atoms with Gasteiger partial charge in [-0.1, -0.05) is 316 Å². The van der Waals surface area contributed by atoms with Gasteiger partial charge in [0.2, 0.25) is 9.84 Å². The number of benzene rings is 6. The highest BCUT2D eigenvalue weighted by Crippen LogP contribution is 2.60. The Kier molecular flexibility index (Phi) is 18.3. The molecule has 0 unspecified atom stereocenters. The third kappa shape index (κ3) is 14.6. The molecule has 0 aromatic heterocycles. The maximum Gasteiger partial charge on any atom is 0.207 e. The van der Waals surface area contributed by atoms with Gasteiger partial charge >= 0.3 is 0 Å². The summed E-state index contributed by atoms with van der Waals surface area (Å²) >= 11 is 0. The minimum Gasteiger partial charge on any atom is -0.218 e. The molecule has 0 heterocycles. The Hall–Kier alpha value is -4.73. The van der Waals surface area contributed by atoms with Crippen molar-refractivity contribution in [2.75, 3.05) is 0 Å². The second-order valence-corrected chi connectivity index (χ2v) is 40.5. The average Bonchev–Trinajstić information content (AvgIpc) is 0.695. The van der Waals surface area contributed by atoms with Crippen LogP contribution in [0.15, 0.2) is 94.7 Å². The minimum atomic E-state index is -4.54. The Bertz CT molecular complexity index is 3340. The lowest BCUT2D eigenvalue weighted by atomic mass is 9.65. The van der Waals surface area contributed by atoms with E-state index in [0.29, 0.717) is 4.90 Å². The first-order valence-electron chi connectivity index (χ1n) is 32.8. The molecule has 0 bridgehead atoms. The van der Waals surface area contributed by atoms with Crippen molar-refractivity contribution < 1.29 is 8.42 Å². The first-order valence-corrected chi connectivity index (χ1v) is 34.3. The van der Waals surface area contributed by atoms with Crippen LogP contribution in [0.2, 0.25) is 0 Å². The van der Waals surface area contributed by atoms with Crippen LogP contribution >= 0.6 is 0 Å². The summed E-state index contributed by atoms with van der Waals surface area (Å²) < 4.78 is 36.4. The zero-order valence-electron chi connectivity index (χ0n) is 62.3. The Morgan fingerprint density at radius 2 is 0.402 bits per heavy atom. The summed E-state index contributed by atoms with van der Waals surface area (Å²) in [6.45, 7) is 84.4. The normalized spacial score (nSPS) is 14.3. The van der Waals surface area contributed by atoms with Crippen LogP contribution < -0.4 is 0 Å². The van der Waals surface area contributed by atoms with E-state index < -0.39 is 53.2 Å². The van der Waals surface area contributed by atoms with Gasteiger partial charge in [0.1, 0.15) is 0 Å². The fraction of sp³-hybridized carbons (Fsp3) is 0.571. The Morgan fingerprint density at radius 1 is 0.218 bits per heavy atom. The van der Waals surface area contributed by atoms with Crippen molar-refractivity contribution in [2.24, 2.45) is 0 Å². The highest BCUT2D eigenvalue weighted by atomic mass is 32.2. The molecular weight excluding hydrogens is 1070 g/mol. The smallest absolute Gasteiger partial charge is 0.207 e. The monoisotopic (exact) mass is 1190 g/mol. The predicted molar refractivity (Wildman–Crippen MR) is 384 cm³/mol. The van der Waals surface area contributed by atoms with Crippen molar-refractivity contribution in [2.45, 2.75) is 324 Å². The molecule has 6 rings (SSSR count). The quantitative estimate of drug-likeness (QED) is 0.167. The molecule has 0 saturated heterocycles. The molecule has 87 heavy (non-hydrogen) atoms. The summed E-state index contributed by atoms with van der Waals surface area (Å²) in [6.07, 6.45) is 0. The molecule has 6 aromatic carbocycles. The molecule has 0 aliphatic rings. The summed E-state index contributed by atoms with van der Waals surface area (Å²) in [7, 11) is -4.54. The van der Waals surface area contributed by atoms with Gasteiger partial charge in [0.05, 0.1) is 9.79 Å². The third-order valence-corrected chi connectivity index (χ3v) is 20.0. The lowest BCUT2D eigenvalue weighted by molar-refractivity contribution is 0.547. The van der Waals surface area contributed by atoms with Crippen LogP contribution in [0.5, 0.6) is 0 Å². The maximum absolute atomic E-state index is 18.2. The molecule has 0 spiro atoms. The first-order chi connectivity index (χ1) is 38.5. The van der Waals surface area contributed by atoms with E-state index in [1.165, 1.54) is 44.5 Å². The first kappa shape index (κ1) is 71.3. The summed E-state index contributed by atoms with van der Waals surface area (Å²) in [5.74, 6) is 0. The van der Waals surface area contributed by atoms with Gasteiger partial charge in [-0.25, -0.2) is 8.42 Å². The van der Waals surface area contributed by atoms with Gasteiger partial charge in [-0.2, -0.15) is 0 Å². The van der Waals surface area contributed by atoms with Gasteiger partial charge in [-0.05, 0) is 183 Å². The predicted octanol–water partition coefficient (Wildman–Crippen LogP) is 24.8. The van der Waals surface area contributed by atoms with E-state index in [9.17, 15) is 0 Å². The Labute approximate surface area is 535 Å². The van der Waals surface area contributed by atoms with E-state index in [1.54, 1.807) is 0 Å². The molecule has 0 radical (unpaired) electrons. The van der Waals surface area contributed by atoms with Crippen LogP contribution in [0.4, 0.5) is 0 Å². The van der Waals surface area contributed by atoms with Crippen molar-refractivity contribution in [3.8, 4) is 44.5 Å². The topological polar surface area (TPSA) is 34.1 Å². The van der Waals surface area contributed by atoms with Gasteiger partial charge in [0.15, 0.2) is 0 Å². The van der Waals surface area contributed by atoms with E-state index in [0.717, 1.165) is 66.8 Å². The van der Waals surface area contributed by atoms with Crippen molar-refractivity contribution >= 4 is 9.84 Å². The molecule has 0 aliphatic carbocycles. The van der Waals surface area contributed by atoms with Crippen molar-refractivity contribution in [1.82, 2.24) is 0 Å². The van der Waals surface area contributed by atoms with Crippen molar-refractivity contribution in [1.29, 1.82) is 0 Å². The van der Waals surface area contributed by atoms with Gasteiger partial charge in [-0.15, -0.1) is 0 Å². The molecular formula is C84H122O2S. The second kappa shape index (κ2) is 22.3. The third-order valence-electron chi connectivity index (χ3n) is 18.1. The van der Waals surface area contributed by atoms with E-state index in [2.05, 4.69) is 304 Å². The maximum atomic E-state index is 18.2. The molecule has 0 fully saturated rings. The largest absolute Gasteiger partial charge is 0.218 e. The summed E-state index contributed by atoms with van der Waals surface area (Å²) in [5.41, 5.74) is 17.9. The summed E-state index contributed by atoms with van der Waals surface area (Å²) in [6, 6.07) is 31.9. The fourth-order valence-corrected chi connectivity index (χ4v) is 14.4. The lowest BCUT2D eigenvalue weighted by Crippen LogP contribution is -2.27. The fourth-order valence-electron chi connectivity index (χ4n) is 12.7. The number of hydrogen-bond donors (Lipinski definition) is 0. The van der Waals surface area contributed by atoms with Crippen LogP contribution in [-0.4, -0.2) is 8.42 Å². The van der Waals surface area contributed by atoms with Gasteiger partial charge in [0.25, 0.3) is 0 Å². The molecule has 6 aromatic rings. The highest BCUT2D eigenvalue weighted by Gasteiger charge is 2.44. The van der Waals surface area contributed by atoms with E-state index in [1.807, 2.05) is 30.3 Å². The molecule has 476 valence electrons. The van der Waals surface area contributed by atoms with Gasteiger partial charge in [-0.3, -0.25) is 0 Å². The zero-order valence-corrected chi connectivity index (χ0v) is 63.1.